The zero-order chi connectivity index (χ0) is 22.3. The van der Waals surface area contributed by atoms with Gasteiger partial charge >= 0.3 is 0 Å². The fraction of sp³-hybridized carbons (Fsp3) is 0.250. The molecule has 0 saturated carbocycles. The summed E-state index contributed by atoms with van der Waals surface area (Å²) in [5.74, 6) is 0. The molecule has 0 bridgehead atoms. The number of nitro groups is 1. The summed E-state index contributed by atoms with van der Waals surface area (Å²) in [6, 6.07) is 14.8. The molecule has 8 heteroatoms. The summed E-state index contributed by atoms with van der Waals surface area (Å²) >= 11 is 2.28. The molecule has 1 aliphatic carbocycles. The van der Waals surface area contributed by atoms with E-state index in [2.05, 4.69) is 37.7 Å². The molecule has 4 rings (SSSR count). The van der Waals surface area contributed by atoms with Crippen LogP contribution in [0.1, 0.15) is 24.0 Å². The second kappa shape index (κ2) is 10.6. The lowest BCUT2D eigenvalue weighted by atomic mass is 10.1. The van der Waals surface area contributed by atoms with E-state index in [9.17, 15) is 10.1 Å². The number of halogens is 1. The second-order valence-corrected chi connectivity index (χ2v) is 8.67. The molecule has 2 aromatic carbocycles. The quantitative estimate of drug-likeness (QED) is 0.221. The molecule has 0 N–H and O–H groups in total. The molecule has 0 radical (unpaired) electrons. The summed E-state index contributed by atoms with van der Waals surface area (Å²) in [6.07, 6.45) is 7.37. The van der Waals surface area contributed by atoms with Crippen molar-refractivity contribution >= 4 is 46.8 Å². The molecule has 0 spiro atoms. The van der Waals surface area contributed by atoms with Crippen LogP contribution in [0, 0.1) is 13.7 Å². The maximum atomic E-state index is 11.1. The number of nitro benzene ring substituents is 1. The molecule has 0 aromatic heterocycles. The van der Waals surface area contributed by atoms with E-state index in [4.69, 9.17) is 4.74 Å². The fourth-order valence-electron chi connectivity index (χ4n) is 3.88. The molecule has 1 aliphatic heterocycles. The van der Waals surface area contributed by atoms with Gasteiger partial charge in [0, 0.05) is 40.1 Å². The Morgan fingerprint density at radius 1 is 1.03 bits per heavy atom. The Balaban J connectivity index is 1.62. The van der Waals surface area contributed by atoms with Crippen molar-refractivity contribution in [1.82, 2.24) is 4.90 Å². The van der Waals surface area contributed by atoms with Crippen LogP contribution in [0.15, 0.2) is 75.6 Å². The van der Waals surface area contributed by atoms with E-state index in [1.807, 2.05) is 42.6 Å². The number of non-ortho nitro benzene ring substituents is 1. The Kier molecular flexibility index (Phi) is 7.43. The molecule has 2 aromatic rings. The minimum absolute atomic E-state index is 0.0981. The predicted octanol–water partition coefficient (Wildman–Crippen LogP) is 5.07. The van der Waals surface area contributed by atoms with Crippen molar-refractivity contribution in [2.45, 2.75) is 12.8 Å². The molecule has 7 nitrogen and oxygen atoms in total. The average Bonchev–Trinajstić information content (AvgIpc) is 3.20. The molecule has 1 saturated heterocycles. The third kappa shape index (κ3) is 5.49. The summed E-state index contributed by atoms with van der Waals surface area (Å²) in [6.45, 7) is 2.99. The van der Waals surface area contributed by atoms with Gasteiger partial charge in [-0.1, -0.05) is 30.3 Å². The van der Waals surface area contributed by atoms with E-state index in [1.54, 1.807) is 18.3 Å². The highest BCUT2D eigenvalue weighted by atomic mass is 127. The lowest BCUT2D eigenvalue weighted by Crippen LogP contribution is -2.36. The number of benzene rings is 2. The number of hydrogen-bond donors (Lipinski definition) is 0. The first kappa shape index (κ1) is 22.3. The zero-order valence-electron chi connectivity index (χ0n) is 17.5. The zero-order valence-corrected chi connectivity index (χ0v) is 19.6. The van der Waals surface area contributed by atoms with Crippen molar-refractivity contribution in [3.05, 3.63) is 90.2 Å². The third-order valence-electron chi connectivity index (χ3n) is 5.40. The van der Waals surface area contributed by atoms with Crippen LogP contribution < -0.4 is 0 Å². The molecular weight excluding hydrogens is 519 g/mol. The molecule has 1 heterocycles. The maximum Gasteiger partial charge on any atom is 0.270 e. The largest absolute Gasteiger partial charge is 0.378 e. The summed E-state index contributed by atoms with van der Waals surface area (Å²) in [5.41, 5.74) is 5.40. The lowest BCUT2D eigenvalue weighted by Gasteiger charge is -2.31. The number of allylic oxidation sites excluding steroid dienone is 2. The van der Waals surface area contributed by atoms with Gasteiger partial charge in [-0.2, -0.15) is 10.2 Å². The number of hydrogen-bond acceptors (Lipinski definition) is 6. The number of nitrogens with zero attached hydrogens (tertiary/aromatic N) is 4. The van der Waals surface area contributed by atoms with Crippen LogP contribution in [-0.4, -0.2) is 48.6 Å². The topological polar surface area (TPSA) is 80.3 Å². The average molecular weight is 542 g/mol. The molecule has 1 fully saturated rings. The van der Waals surface area contributed by atoms with Crippen LogP contribution in [0.4, 0.5) is 5.69 Å². The van der Waals surface area contributed by atoms with E-state index in [0.717, 1.165) is 57.5 Å². The number of ether oxygens (including phenoxy) is 1. The van der Waals surface area contributed by atoms with Crippen LogP contribution in [0.2, 0.25) is 0 Å². The van der Waals surface area contributed by atoms with E-state index >= 15 is 0 Å². The summed E-state index contributed by atoms with van der Waals surface area (Å²) in [4.78, 5) is 13.1. The van der Waals surface area contributed by atoms with Crippen molar-refractivity contribution in [1.29, 1.82) is 0 Å². The molecule has 164 valence electrons. The van der Waals surface area contributed by atoms with Crippen molar-refractivity contribution < 1.29 is 9.66 Å². The van der Waals surface area contributed by atoms with Crippen molar-refractivity contribution in [3.63, 3.8) is 0 Å². The first-order chi connectivity index (χ1) is 15.6. The molecule has 32 heavy (non-hydrogen) atoms. The van der Waals surface area contributed by atoms with Crippen LogP contribution in [0.5, 0.6) is 0 Å². The first-order valence-corrected chi connectivity index (χ1v) is 11.5. The summed E-state index contributed by atoms with van der Waals surface area (Å²) in [7, 11) is 0. The van der Waals surface area contributed by atoms with Gasteiger partial charge in [-0.05, 0) is 64.3 Å². The second-order valence-electron chi connectivity index (χ2n) is 7.51. The SMILES string of the molecule is O=[N+]([O-])c1cccc(/C=C2\CCC(/C=N\N=C/c3ccccc3I)=C2N2CCOCC2)c1. The highest BCUT2D eigenvalue weighted by molar-refractivity contribution is 14.1. The van der Waals surface area contributed by atoms with E-state index in [0.29, 0.717) is 13.2 Å². The van der Waals surface area contributed by atoms with Crippen molar-refractivity contribution in [2.75, 3.05) is 26.3 Å². The van der Waals surface area contributed by atoms with Crippen molar-refractivity contribution in [3.8, 4) is 0 Å². The fourth-order valence-corrected chi connectivity index (χ4v) is 4.41. The molecule has 0 amide bonds. The Morgan fingerprint density at radius 2 is 1.81 bits per heavy atom. The third-order valence-corrected chi connectivity index (χ3v) is 6.39. The van der Waals surface area contributed by atoms with Crippen LogP contribution >= 0.6 is 22.6 Å². The van der Waals surface area contributed by atoms with E-state index in [1.165, 1.54) is 6.07 Å². The van der Waals surface area contributed by atoms with Gasteiger partial charge in [0.2, 0.25) is 0 Å². The standard InChI is InChI=1S/C24H23IN4O3/c25-23-7-2-1-5-20(23)16-26-27-17-21-9-8-19(24(21)28-10-12-32-13-11-28)14-18-4-3-6-22(15-18)29(30)31/h1-7,14-17H,8-13H2/b19-14+,26-16-,27-17-. The van der Waals surface area contributed by atoms with E-state index in [-0.39, 0.29) is 10.6 Å². The van der Waals surface area contributed by atoms with Crippen LogP contribution in [0.25, 0.3) is 6.08 Å². The van der Waals surface area contributed by atoms with Crippen LogP contribution in [0.3, 0.4) is 0 Å². The monoisotopic (exact) mass is 542 g/mol. The minimum atomic E-state index is -0.362. The van der Waals surface area contributed by atoms with Gasteiger partial charge in [0.05, 0.1) is 30.6 Å². The number of rotatable bonds is 6. The normalized spacial score (nSPS) is 18.4. The number of morpholine rings is 1. The first-order valence-electron chi connectivity index (χ1n) is 10.4. The Labute approximate surface area is 200 Å². The lowest BCUT2D eigenvalue weighted by molar-refractivity contribution is -0.384. The minimum Gasteiger partial charge on any atom is -0.378 e. The highest BCUT2D eigenvalue weighted by Gasteiger charge is 2.25. The van der Waals surface area contributed by atoms with Gasteiger partial charge in [0.25, 0.3) is 5.69 Å². The Morgan fingerprint density at radius 3 is 2.59 bits per heavy atom. The smallest absolute Gasteiger partial charge is 0.270 e. The summed E-state index contributed by atoms with van der Waals surface area (Å²) in [5, 5.41) is 19.7. The molecule has 0 unspecified atom stereocenters. The predicted molar refractivity (Wildman–Crippen MR) is 135 cm³/mol. The van der Waals surface area contributed by atoms with Crippen molar-refractivity contribution in [2.24, 2.45) is 10.2 Å². The highest BCUT2D eigenvalue weighted by Crippen LogP contribution is 2.35. The Hall–Kier alpha value is -2.85. The van der Waals surface area contributed by atoms with Crippen LogP contribution in [-0.2, 0) is 4.74 Å². The van der Waals surface area contributed by atoms with Gasteiger partial charge in [-0.3, -0.25) is 10.1 Å². The van der Waals surface area contributed by atoms with Gasteiger partial charge < -0.3 is 9.64 Å². The Bertz CT molecular complexity index is 1120. The van der Waals surface area contributed by atoms with Gasteiger partial charge in [-0.15, -0.1) is 0 Å². The van der Waals surface area contributed by atoms with Gasteiger partial charge in [-0.25, -0.2) is 0 Å². The van der Waals surface area contributed by atoms with Gasteiger partial charge in [0.15, 0.2) is 0 Å². The van der Waals surface area contributed by atoms with Gasteiger partial charge in [0.1, 0.15) is 0 Å². The molecule has 0 atom stereocenters. The summed E-state index contributed by atoms with van der Waals surface area (Å²) < 4.78 is 6.66. The maximum absolute atomic E-state index is 11.1. The molecule has 2 aliphatic rings. The van der Waals surface area contributed by atoms with E-state index < -0.39 is 0 Å². The molecular formula is C24H23IN4O3.